The number of hydrogen-bond donors (Lipinski definition) is 1. The molecule has 2 rings (SSSR count). The molecule has 1 fully saturated rings. The average Bonchev–Trinajstić information content (AvgIpc) is 2.61. The lowest BCUT2D eigenvalue weighted by Gasteiger charge is -2.31. The lowest BCUT2D eigenvalue weighted by Crippen LogP contribution is -2.24. The third-order valence-electron chi connectivity index (χ3n) is 4.02. The molecule has 0 aromatic heterocycles. The smallest absolute Gasteiger partial charge is 0.0838 e. The second kappa shape index (κ2) is 4.79. The summed E-state index contributed by atoms with van der Waals surface area (Å²) >= 11 is 12.2. The van der Waals surface area contributed by atoms with E-state index in [-0.39, 0.29) is 11.3 Å². The Kier molecular flexibility index (Phi) is 3.72. The quantitative estimate of drug-likeness (QED) is 0.816. The van der Waals surface area contributed by atoms with Crippen molar-refractivity contribution in [1.82, 2.24) is 0 Å². The van der Waals surface area contributed by atoms with Gasteiger partial charge in [-0.2, -0.15) is 0 Å². The van der Waals surface area contributed by atoms with E-state index in [0.717, 1.165) is 18.4 Å². The van der Waals surface area contributed by atoms with Crippen LogP contribution in [0.3, 0.4) is 0 Å². The van der Waals surface area contributed by atoms with Gasteiger partial charge in [-0.15, -0.1) is 0 Å². The highest BCUT2D eigenvalue weighted by Crippen LogP contribution is 2.49. The summed E-state index contributed by atoms with van der Waals surface area (Å²) in [5.74, 6) is 0.262. The van der Waals surface area contributed by atoms with E-state index in [1.807, 2.05) is 12.1 Å². The minimum absolute atomic E-state index is 0.172. The number of aliphatic hydroxyl groups is 1. The van der Waals surface area contributed by atoms with E-state index < -0.39 is 6.10 Å². The summed E-state index contributed by atoms with van der Waals surface area (Å²) in [4.78, 5) is 0. The lowest BCUT2D eigenvalue weighted by molar-refractivity contribution is 0.0532. The summed E-state index contributed by atoms with van der Waals surface area (Å²) < 4.78 is 0. The molecule has 0 aliphatic heterocycles. The third kappa shape index (κ3) is 2.47. The molecular formula is C14H18Cl2O. The predicted molar refractivity (Wildman–Crippen MR) is 72.5 cm³/mol. The Morgan fingerprint density at radius 1 is 1.35 bits per heavy atom. The average molecular weight is 273 g/mol. The van der Waals surface area contributed by atoms with Gasteiger partial charge >= 0.3 is 0 Å². The van der Waals surface area contributed by atoms with Crippen LogP contribution in [0.1, 0.15) is 44.8 Å². The van der Waals surface area contributed by atoms with E-state index in [1.165, 1.54) is 6.42 Å². The Morgan fingerprint density at radius 3 is 2.65 bits per heavy atom. The predicted octanol–water partition coefficient (Wildman–Crippen LogP) is 4.85. The second-order valence-corrected chi connectivity index (χ2v) is 6.36. The first-order chi connectivity index (χ1) is 7.93. The highest BCUT2D eigenvalue weighted by Gasteiger charge is 2.40. The molecule has 1 N–H and O–H groups in total. The van der Waals surface area contributed by atoms with Crippen molar-refractivity contribution in [2.24, 2.45) is 11.3 Å². The van der Waals surface area contributed by atoms with Gasteiger partial charge in [-0.05, 0) is 30.2 Å². The molecule has 1 aliphatic carbocycles. The van der Waals surface area contributed by atoms with Crippen molar-refractivity contribution in [3.8, 4) is 0 Å². The van der Waals surface area contributed by atoms with Crippen LogP contribution in [-0.2, 0) is 0 Å². The maximum atomic E-state index is 10.5. The summed E-state index contributed by atoms with van der Waals surface area (Å²) in [5, 5.41) is 11.5. The number of rotatable bonds is 2. The fraction of sp³-hybridized carbons (Fsp3) is 0.571. The molecule has 0 amide bonds. The lowest BCUT2D eigenvalue weighted by atomic mass is 9.77. The van der Waals surface area contributed by atoms with Gasteiger partial charge in [0.1, 0.15) is 0 Å². The zero-order valence-corrected chi connectivity index (χ0v) is 11.7. The highest BCUT2D eigenvalue weighted by molar-refractivity contribution is 6.42. The van der Waals surface area contributed by atoms with Gasteiger partial charge in [0.25, 0.3) is 0 Å². The van der Waals surface area contributed by atoms with Crippen molar-refractivity contribution in [2.75, 3.05) is 0 Å². The SMILES string of the molecule is CC1(C)CCCC1C(O)c1cccc(Cl)c1Cl. The number of halogens is 2. The first-order valence-electron chi connectivity index (χ1n) is 6.05. The Bertz CT molecular complexity index is 415. The number of aliphatic hydroxyl groups excluding tert-OH is 1. The molecule has 17 heavy (non-hydrogen) atoms. The van der Waals surface area contributed by atoms with Crippen LogP contribution in [0.5, 0.6) is 0 Å². The largest absolute Gasteiger partial charge is 0.388 e. The molecule has 94 valence electrons. The van der Waals surface area contributed by atoms with Crippen LogP contribution in [0.15, 0.2) is 18.2 Å². The van der Waals surface area contributed by atoms with Gasteiger partial charge in [-0.1, -0.05) is 55.6 Å². The number of benzene rings is 1. The first kappa shape index (κ1) is 13.2. The molecule has 3 heteroatoms. The Morgan fingerprint density at radius 2 is 2.06 bits per heavy atom. The highest BCUT2D eigenvalue weighted by atomic mass is 35.5. The van der Waals surface area contributed by atoms with Gasteiger partial charge in [0.05, 0.1) is 16.1 Å². The molecule has 1 aromatic rings. The Balaban J connectivity index is 2.31. The molecule has 1 nitrogen and oxygen atoms in total. The third-order valence-corrected chi connectivity index (χ3v) is 4.85. The van der Waals surface area contributed by atoms with E-state index in [1.54, 1.807) is 6.07 Å². The molecule has 0 radical (unpaired) electrons. The van der Waals surface area contributed by atoms with Crippen molar-refractivity contribution in [3.05, 3.63) is 33.8 Å². The second-order valence-electron chi connectivity index (χ2n) is 5.58. The molecule has 1 aliphatic rings. The maximum Gasteiger partial charge on any atom is 0.0838 e. The van der Waals surface area contributed by atoms with E-state index in [0.29, 0.717) is 10.0 Å². The molecule has 2 atom stereocenters. The Hall–Kier alpha value is -0.240. The topological polar surface area (TPSA) is 20.2 Å². The normalized spacial score (nSPS) is 24.9. The minimum Gasteiger partial charge on any atom is -0.388 e. The van der Waals surface area contributed by atoms with Gasteiger partial charge in [-0.3, -0.25) is 0 Å². The fourth-order valence-corrected chi connectivity index (χ4v) is 3.32. The zero-order chi connectivity index (χ0) is 12.6. The van der Waals surface area contributed by atoms with Gasteiger partial charge in [0, 0.05) is 5.56 Å². The first-order valence-corrected chi connectivity index (χ1v) is 6.81. The zero-order valence-electron chi connectivity index (χ0n) is 10.2. The summed E-state index contributed by atoms with van der Waals surface area (Å²) in [5.41, 5.74) is 0.935. The van der Waals surface area contributed by atoms with Crippen molar-refractivity contribution in [2.45, 2.75) is 39.2 Å². The van der Waals surface area contributed by atoms with Crippen LogP contribution >= 0.6 is 23.2 Å². The molecule has 0 bridgehead atoms. The molecule has 0 saturated heterocycles. The number of hydrogen-bond acceptors (Lipinski definition) is 1. The van der Waals surface area contributed by atoms with Crippen LogP contribution in [0.2, 0.25) is 10.0 Å². The van der Waals surface area contributed by atoms with Gasteiger partial charge < -0.3 is 5.11 Å². The van der Waals surface area contributed by atoms with E-state index in [9.17, 15) is 5.11 Å². The maximum absolute atomic E-state index is 10.5. The van der Waals surface area contributed by atoms with E-state index in [2.05, 4.69) is 13.8 Å². The molecule has 1 saturated carbocycles. The summed E-state index contributed by atoms with van der Waals surface area (Å²) in [6.45, 7) is 4.43. The summed E-state index contributed by atoms with van der Waals surface area (Å²) in [6.07, 6.45) is 2.87. The van der Waals surface area contributed by atoms with Crippen LogP contribution in [0.25, 0.3) is 0 Å². The molecule has 0 heterocycles. The van der Waals surface area contributed by atoms with E-state index >= 15 is 0 Å². The molecule has 2 unspecified atom stereocenters. The van der Waals surface area contributed by atoms with Gasteiger partial charge in [0.15, 0.2) is 0 Å². The van der Waals surface area contributed by atoms with Crippen LogP contribution in [0, 0.1) is 11.3 Å². The summed E-state index contributed by atoms with van der Waals surface area (Å²) in [6, 6.07) is 5.46. The van der Waals surface area contributed by atoms with Crippen LogP contribution in [0.4, 0.5) is 0 Å². The minimum atomic E-state index is -0.515. The van der Waals surface area contributed by atoms with Gasteiger partial charge in [-0.25, -0.2) is 0 Å². The molecule has 0 spiro atoms. The monoisotopic (exact) mass is 272 g/mol. The standard InChI is InChI=1S/C14H18Cl2O/c1-14(2)8-4-6-10(14)13(17)9-5-3-7-11(15)12(9)16/h3,5,7,10,13,17H,4,6,8H2,1-2H3. The van der Waals surface area contributed by atoms with Crippen molar-refractivity contribution in [1.29, 1.82) is 0 Å². The van der Waals surface area contributed by atoms with Crippen molar-refractivity contribution >= 4 is 23.2 Å². The van der Waals surface area contributed by atoms with Crippen LogP contribution < -0.4 is 0 Å². The van der Waals surface area contributed by atoms with Gasteiger partial charge in [0.2, 0.25) is 0 Å². The molecule has 1 aromatic carbocycles. The summed E-state index contributed by atoms with van der Waals surface area (Å²) in [7, 11) is 0. The van der Waals surface area contributed by atoms with Crippen molar-refractivity contribution in [3.63, 3.8) is 0 Å². The van der Waals surface area contributed by atoms with Crippen molar-refractivity contribution < 1.29 is 5.11 Å². The Labute approximate surface area is 113 Å². The fourth-order valence-electron chi connectivity index (χ4n) is 2.90. The molecular weight excluding hydrogens is 255 g/mol. The van der Waals surface area contributed by atoms with E-state index in [4.69, 9.17) is 23.2 Å². The van der Waals surface area contributed by atoms with Crippen LogP contribution in [-0.4, -0.2) is 5.11 Å².